The molecule has 2 aromatic carbocycles. The summed E-state index contributed by atoms with van der Waals surface area (Å²) in [5.41, 5.74) is 4.82. The molecule has 3 rings (SSSR count). The van der Waals surface area contributed by atoms with Crippen molar-refractivity contribution in [2.75, 3.05) is 5.32 Å². The predicted molar refractivity (Wildman–Crippen MR) is 123 cm³/mol. The topological polar surface area (TPSA) is 76.0 Å². The average Bonchev–Trinajstić information content (AvgIpc) is 3.01. The van der Waals surface area contributed by atoms with Crippen LogP contribution in [-0.2, 0) is 22.6 Å². The van der Waals surface area contributed by atoms with Gasteiger partial charge in [-0.1, -0.05) is 26.0 Å². The van der Waals surface area contributed by atoms with Crippen molar-refractivity contribution in [3.63, 3.8) is 0 Å². The van der Waals surface area contributed by atoms with Crippen LogP contribution in [0.2, 0.25) is 0 Å². The second-order valence-electron chi connectivity index (χ2n) is 8.34. The van der Waals surface area contributed by atoms with Gasteiger partial charge in [-0.2, -0.15) is 5.10 Å². The fourth-order valence-electron chi connectivity index (χ4n) is 3.53. The van der Waals surface area contributed by atoms with Crippen LogP contribution in [0.4, 0.5) is 10.1 Å². The Bertz CT molecular complexity index is 1100. The van der Waals surface area contributed by atoms with Crippen molar-refractivity contribution in [2.45, 2.75) is 47.1 Å². The van der Waals surface area contributed by atoms with E-state index in [9.17, 15) is 14.0 Å². The molecule has 1 aromatic heterocycles. The van der Waals surface area contributed by atoms with E-state index >= 15 is 0 Å². The SMILES string of the molecule is Cc1nn(-c2ccc(F)cc2)c(C)c1CC(=O)NCc1cccc(NC(=O)CC(C)C)c1. The lowest BCUT2D eigenvalue weighted by atomic mass is 10.1. The van der Waals surface area contributed by atoms with E-state index in [1.807, 2.05) is 52.0 Å². The number of anilines is 1. The van der Waals surface area contributed by atoms with Gasteiger partial charge in [-0.15, -0.1) is 0 Å². The fourth-order valence-corrected chi connectivity index (χ4v) is 3.53. The van der Waals surface area contributed by atoms with E-state index in [1.165, 1.54) is 12.1 Å². The Kier molecular flexibility index (Phi) is 7.41. The molecular formula is C25H29FN4O2. The van der Waals surface area contributed by atoms with Crippen molar-refractivity contribution >= 4 is 17.5 Å². The number of aromatic nitrogens is 2. The number of nitrogens with zero attached hydrogens (tertiary/aromatic N) is 2. The molecule has 0 aliphatic heterocycles. The first-order valence-corrected chi connectivity index (χ1v) is 10.7. The largest absolute Gasteiger partial charge is 0.352 e. The standard InChI is InChI=1S/C25H29FN4O2/c1-16(2)12-25(32)28-21-7-5-6-19(13-21)15-27-24(31)14-23-17(3)29-30(18(23)4)22-10-8-20(26)9-11-22/h5-11,13,16H,12,14-15H2,1-4H3,(H,27,31)(H,28,32). The minimum absolute atomic E-state index is 0.0229. The third-order valence-corrected chi connectivity index (χ3v) is 5.14. The van der Waals surface area contributed by atoms with Crippen LogP contribution in [0.1, 0.15) is 42.8 Å². The number of carbonyl (C=O) groups excluding carboxylic acids is 2. The Balaban J connectivity index is 1.61. The van der Waals surface area contributed by atoms with Gasteiger partial charge in [0.25, 0.3) is 0 Å². The molecule has 2 amide bonds. The van der Waals surface area contributed by atoms with Crippen LogP contribution in [0.5, 0.6) is 0 Å². The van der Waals surface area contributed by atoms with Crippen LogP contribution >= 0.6 is 0 Å². The third kappa shape index (κ3) is 6.03. The van der Waals surface area contributed by atoms with Gasteiger partial charge in [-0.3, -0.25) is 9.59 Å². The molecular weight excluding hydrogens is 407 g/mol. The van der Waals surface area contributed by atoms with E-state index in [0.29, 0.717) is 13.0 Å². The molecule has 32 heavy (non-hydrogen) atoms. The van der Waals surface area contributed by atoms with Crippen LogP contribution in [0, 0.1) is 25.6 Å². The first-order chi connectivity index (χ1) is 15.2. The number of rotatable bonds is 8. The predicted octanol–water partition coefficient (Wildman–Crippen LogP) is 4.47. The lowest BCUT2D eigenvalue weighted by Gasteiger charge is -2.10. The molecule has 6 nitrogen and oxygen atoms in total. The van der Waals surface area contributed by atoms with E-state index in [0.717, 1.165) is 33.9 Å². The zero-order valence-corrected chi connectivity index (χ0v) is 18.9. The maximum Gasteiger partial charge on any atom is 0.224 e. The average molecular weight is 437 g/mol. The highest BCUT2D eigenvalue weighted by Gasteiger charge is 2.16. The second kappa shape index (κ2) is 10.2. The summed E-state index contributed by atoms with van der Waals surface area (Å²) in [6.45, 7) is 8.11. The van der Waals surface area contributed by atoms with Crippen molar-refractivity contribution < 1.29 is 14.0 Å². The van der Waals surface area contributed by atoms with Gasteiger partial charge in [0.05, 0.1) is 17.8 Å². The van der Waals surface area contributed by atoms with Crippen molar-refractivity contribution in [3.05, 3.63) is 76.9 Å². The molecule has 1 heterocycles. The zero-order chi connectivity index (χ0) is 23.3. The van der Waals surface area contributed by atoms with Gasteiger partial charge in [0.1, 0.15) is 5.82 Å². The maximum atomic E-state index is 13.2. The van der Waals surface area contributed by atoms with Crippen LogP contribution in [-0.4, -0.2) is 21.6 Å². The van der Waals surface area contributed by atoms with Gasteiger partial charge in [0, 0.05) is 29.9 Å². The minimum atomic E-state index is -0.307. The number of aryl methyl sites for hydroxylation is 1. The molecule has 0 fully saturated rings. The van der Waals surface area contributed by atoms with E-state index in [4.69, 9.17) is 0 Å². The normalized spacial score (nSPS) is 10.9. The lowest BCUT2D eigenvalue weighted by molar-refractivity contribution is -0.120. The molecule has 0 saturated heterocycles. The number of carbonyl (C=O) groups is 2. The molecule has 0 bridgehead atoms. The zero-order valence-electron chi connectivity index (χ0n) is 18.9. The Morgan fingerprint density at radius 2 is 1.78 bits per heavy atom. The smallest absolute Gasteiger partial charge is 0.224 e. The molecule has 168 valence electrons. The van der Waals surface area contributed by atoms with E-state index in [-0.39, 0.29) is 30.0 Å². The van der Waals surface area contributed by atoms with Gasteiger partial charge >= 0.3 is 0 Å². The quantitative estimate of drug-likeness (QED) is 0.547. The first kappa shape index (κ1) is 23.2. The Labute approximate surface area is 187 Å². The summed E-state index contributed by atoms with van der Waals surface area (Å²) in [4.78, 5) is 24.6. The Morgan fingerprint density at radius 1 is 1.06 bits per heavy atom. The molecule has 0 aliphatic rings. The van der Waals surface area contributed by atoms with Gasteiger partial charge in [-0.05, 0) is 61.7 Å². The number of benzene rings is 2. The van der Waals surface area contributed by atoms with Crippen LogP contribution in [0.15, 0.2) is 48.5 Å². The summed E-state index contributed by atoms with van der Waals surface area (Å²) in [5, 5.41) is 10.3. The number of amides is 2. The summed E-state index contributed by atoms with van der Waals surface area (Å²) in [7, 11) is 0. The van der Waals surface area contributed by atoms with E-state index in [2.05, 4.69) is 15.7 Å². The minimum Gasteiger partial charge on any atom is -0.352 e. The molecule has 0 saturated carbocycles. The monoisotopic (exact) mass is 436 g/mol. The lowest BCUT2D eigenvalue weighted by Crippen LogP contribution is -2.25. The maximum absolute atomic E-state index is 13.2. The number of hydrogen-bond acceptors (Lipinski definition) is 3. The molecule has 0 aliphatic carbocycles. The number of nitrogens with one attached hydrogen (secondary N) is 2. The summed E-state index contributed by atoms with van der Waals surface area (Å²) in [6.07, 6.45) is 0.662. The number of hydrogen-bond donors (Lipinski definition) is 2. The highest BCUT2D eigenvalue weighted by atomic mass is 19.1. The van der Waals surface area contributed by atoms with Gasteiger partial charge in [0.2, 0.25) is 11.8 Å². The van der Waals surface area contributed by atoms with Crippen LogP contribution in [0.25, 0.3) is 5.69 Å². The molecule has 2 N–H and O–H groups in total. The van der Waals surface area contributed by atoms with E-state index < -0.39 is 0 Å². The third-order valence-electron chi connectivity index (χ3n) is 5.14. The molecule has 0 unspecified atom stereocenters. The molecule has 0 atom stereocenters. The second-order valence-corrected chi connectivity index (χ2v) is 8.34. The summed E-state index contributed by atoms with van der Waals surface area (Å²) in [5.74, 6) is -0.162. The first-order valence-electron chi connectivity index (χ1n) is 10.7. The Morgan fingerprint density at radius 3 is 2.47 bits per heavy atom. The number of halogens is 1. The molecule has 0 radical (unpaired) electrons. The van der Waals surface area contributed by atoms with E-state index in [1.54, 1.807) is 16.8 Å². The summed E-state index contributed by atoms with van der Waals surface area (Å²) < 4.78 is 14.9. The highest BCUT2D eigenvalue weighted by Crippen LogP contribution is 2.19. The van der Waals surface area contributed by atoms with Crippen molar-refractivity contribution in [3.8, 4) is 5.69 Å². The molecule has 0 spiro atoms. The molecule has 7 heteroatoms. The fraction of sp³-hybridized carbons (Fsp3) is 0.320. The summed E-state index contributed by atoms with van der Waals surface area (Å²) in [6, 6.07) is 13.5. The van der Waals surface area contributed by atoms with Crippen molar-refractivity contribution in [2.24, 2.45) is 5.92 Å². The van der Waals surface area contributed by atoms with Crippen LogP contribution in [0.3, 0.4) is 0 Å². The van der Waals surface area contributed by atoms with Gasteiger partial charge < -0.3 is 10.6 Å². The molecule has 3 aromatic rings. The highest BCUT2D eigenvalue weighted by molar-refractivity contribution is 5.90. The van der Waals surface area contributed by atoms with Gasteiger partial charge in [-0.25, -0.2) is 9.07 Å². The summed E-state index contributed by atoms with van der Waals surface area (Å²) >= 11 is 0. The van der Waals surface area contributed by atoms with Crippen LogP contribution < -0.4 is 10.6 Å². The van der Waals surface area contributed by atoms with Gasteiger partial charge in [0.15, 0.2) is 0 Å². The Hall–Kier alpha value is -3.48. The van der Waals surface area contributed by atoms with Crippen molar-refractivity contribution in [1.82, 2.24) is 15.1 Å². The van der Waals surface area contributed by atoms with Crippen molar-refractivity contribution in [1.29, 1.82) is 0 Å².